The molecular formula is C16H31NO. The topological polar surface area (TPSA) is 23.5 Å². The Labute approximate surface area is 113 Å². The number of hydrogen-bond donors (Lipinski definition) is 1. The number of rotatable bonds is 3. The van der Waals surface area contributed by atoms with Gasteiger partial charge in [0.25, 0.3) is 0 Å². The van der Waals surface area contributed by atoms with Crippen LogP contribution in [0.5, 0.6) is 0 Å². The van der Waals surface area contributed by atoms with Gasteiger partial charge in [-0.05, 0) is 37.1 Å². The number of nitrogens with zero attached hydrogens (tertiary/aromatic N) is 1. The van der Waals surface area contributed by atoms with E-state index in [9.17, 15) is 5.11 Å². The molecule has 1 saturated heterocycles. The summed E-state index contributed by atoms with van der Waals surface area (Å²) in [5.41, 5.74) is 0.665. The molecule has 0 aromatic heterocycles. The summed E-state index contributed by atoms with van der Waals surface area (Å²) in [5.74, 6) is 0.830. The van der Waals surface area contributed by atoms with Gasteiger partial charge in [0.1, 0.15) is 0 Å². The Bertz CT molecular complexity index is 263. The maximum atomic E-state index is 9.80. The molecule has 2 heteroatoms. The minimum atomic E-state index is 0.227. The Kier molecular flexibility index (Phi) is 4.38. The number of aliphatic hydroxyl groups excluding tert-OH is 1. The number of aliphatic hydroxyl groups is 1. The van der Waals surface area contributed by atoms with Gasteiger partial charge in [-0.25, -0.2) is 0 Å². The lowest BCUT2D eigenvalue weighted by Gasteiger charge is -2.39. The minimum Gasteiger partial charge on any atom is -0.396 e. The molecule has 1 aliphatic carbocycles. The zero-order valence-electron chi connectivity index (χ0n) is 12.5. The smallest absolute Gasteiger partial charge is 0.0499 e. The maximum absolute atomic E-state index is 9.80. The highest BCUT2D eigenvalue weighted by Gasteiger charge is 2.37. The van der Waals surface area contributed by atoms with E-state index >= 15 is 0 Å². The van der Waals surface area contributed by atoms with Crippen molar-refractivity contribution in [3.8, 4) is 0 Å². The van der Waals surface area contributed by atoms with Gasteiger partial charge in [-0.1, -0.05) is 40.0 Å². The van der Waals surface area contributed by atoms with Crippen molar-refractivity contribution < 1.29 is 5.11 Å². The molecule has 1 N–H and O–H groups in total. The first kappa shape index (κ1) is 14.3. The van der Waals surface area contributed by atoms with E-state index in [4.69, 9.17) is 0 Å². The van der Waals surface area contributed by atoms with Gasteiger partial charge in [0.15, 0.2) is 0 Å². The molecule has 2 nitrogen and oxygen atoms in total. The fraction of sp³-hybridized carbons (Fsp3) is 1.00. The predicted octanol–water partition coefficient (Wildman–Crippen LogP) is 3.30. The van der Waals surface area contributed by atoms with E-state index in [0.717, 1.165) is 12.5 Å². The second-order valence-electron chi connectivity index (χ2n) is 7.81. The highest BCUT2D eigenvalue weighted by Crippen LogP contribution is 2.39. The zero-order valence-corrected chi connectivity index (χ0v) is 12.5. The average molecular weight is 253 g/mol. The van der Waals surface area contributed by atoms with Gasteiger partial charge in [-0.15, -0.1) is 0 Å². The zero-order chi connectivity index (χ0) is 13.2. The molecule has 0 aromatic carbocycles. The standard InChI is InChI=1S/C16H31NO/c1-15(2,3)14-7-10-17(11-14)12-16(13-18)8-5-4-6-9-16/h14,18H,4-13H2,1-3H3. The third-order valence-corrected chi connectivity index (χ3v) is 5.31. The number of hydrogen-bond acceptors (Lipinski definition) is 2. The van der Waals surface area contributed by atoms with Crippen LogP contribution in [0.2, 0.25) is 0 Å². The average Bonchev–Trinajstić information content (AvgIpc) is 2.78. The normalized spacial score (nSPS) is 29.7. The summed E-state index contributed by atoms with van der Waals surface area (Å²) in [6, 6.07) is 0. The predicted molar refractivity (Wildman–Crippen MR) is 76.6 cm³/mol. The molecule has 106 valence electrons. The second kappa shape index (κ2) is 5.50. The molecule has 0 aromatic rings. The van der Waals surface area contributed by atoms with Crippen LogP contribution in [-0.4, -0.2) is 36.2 Å². The molecule has 0 bridgehead atoms. The minimum absolute atomic E-state index is 0.227. The highest BCUT2D eigenvalue weighted by atomic mass is 16.3. The first-order valence-corrected chi connectivity index (χ1v) is 7.78. The third kappa shape index (κ3) is 3.27. The highest BCUT2D eigenvalue weighted by molar-refractivity contribution is 4.90. The largest absolute Gasteiger partial charge is 0.396 e. The van der Waals surface area contributed by atoms with E-state index in [1.165, 1.54) is 51.6 Å². The summed E-state index contributed by atoms with van der Waals surface area (Å²) in [4.78, 5) is 2.62. The summed E-state index contributed by atoms with van der Waals surface area (Å²) in [5, 5.41) is 9.80. The van der Waals surface area contributed by atoms with Crippen LogP contribution in [-0.2, 0) is 0 Å². The molecule has 1 aliphatic heterocycles. The Hall–Kier alpha value is -0.0800. The summed E-state index contributed by atoms with van der Waals surface area (Å²) in [7, 11) is 0. The second-order valence-corrected chi connectivity index (χ2v) is 7.81. The van der Waals surface area contributed by atoms with Gasteiger partial charge in [-0.3, -0.25) is 0 Å². The van der Waals surface area contributed by atoms with Crippen LogP contribution in [0.25, 0.3) is 0 Å². The fourth-order valence-electron chi connectivity index (χ4n) is 3.83. The summed E-state index contributed by atoms with van der Waals surface area (Å²) < 4.78 is 0. The van der Waals surface area contributed by atoms with E-state index < -0.39 is 0 Å². The van der Waals surface area contributed by atoms with Crippen LogP contribution < -0.4 is 0 Å². The van der Waals surface area contributed by atoms with E-state index in [1.54, 1.807) is 0 Å². The lowest BCUT2D eigenvalue weighted by Crippen LogP contribution is -2.41. The van der Waals surface area contributed by atoms with Crippen molar-refractivity contribution in [3.63, 3.8) is 0 Å². The van der Waals surface area contributed by atoms with Crippen LogP contribution in [0.4, 0.5) is 0 Å². The Morgan fingerprint density at radius 3 is 2.33 bits per heavy atom. The van der Waals surface area contributed by atoms with Crippen molar-refractivity contribution in [2.45, 2.75) is 59.3 Å². The Balaban J connectivity index is 1.90. The van der Waals surface area contributed by atoms with E-state index in [-0.39, 0.29) is 5.41 Å². The molecule has 2 fully saturated rings. The van der Waals surface area contributed by atoms with E-state index in [0.29, 0.717) is 12.0 Å². The first-order chi connectivity index (χ1) is 8.45. The quantitative estimate of drug-likeness (QED) is 0.834. The lowest BCUT2D eigenvalue weighted by atomic mass is 9.74. The first-order valence-electron chi connectivity index (χ1n) is 7.78. The van der Waals surface area contributed by atoms with Gasteiger partial charge < -0.3 is 10.0 Å². The van der Waals surface area contributed by atoms with Crippen molar-refractivity contribution in [1.29, 1.82) is 0 Å². The van der Waals surface area contributed by atoms with Crippen molar-refractivity contribution in [2.75, 3.05) is 26.2 Å². The molecule has 0 spiro atoms. The molecule has 1 heterocycles. The fourth-order valence-corrected chi connectivity index (χ4v) is 3.83. The monoisotopic (exact) mass is 253 g/mol. The molecule has 2 aliphatic rings. The van der Waals surface area contributed by atoms with Crippen molar-refractivity contribution >= 4 is 0 Å². The van der Waals surface area contributed by atoms with Gasteiger partial charge >= 0.3 is 0 Å². The van der Waals surface area contributed by atoms with Crippen molar-refractivity contribution in [3.05, 3.63) is 0 Å². The molecule has 0 radical (unpaired) electrons. The molecule has 1 atom stereocenters. The van der Waals surface area contributed by atoms with Gasteiger partial charge in [-0.2, -0.15) is 0 Å². The van der Waals surface area contributed by atoms with Crippen LogP contribution >= 0.6 is 0 Å². The van der Waals surface area contributed by atoms with Crippen LogP contribution in [0.15, 0.2) is 0 Å². The molecule has 1 unspecified atom stereocenters. The molecular weight excluding hydrogens is 222 g/mol. The molecule has 0 amide bonds. The van der Waals surface area contributed by atoms with Crippen LogP contribution in [0.1, 0.15) is 59.3 Å². The van der Waals surface area contributed by atoms with Crippen LogP contribution in [0.3, 0.4) is 0 Å². The van der Waals surface area contributed by atoms with Gasteiger partial charge in [0.05, 0.1) is 0 Å². The third-order valence-electron chi connectivity index (χ3n) is 5.31. The Morgan fingerprint density at radius 2 is 1.83 bits per heavy atom. The SMILES string of the molecule is CC(C)(C)C1CCN(CC2(CO)CCCCC2)C1. The van der Waals surface area contributed by atoms with Crippen LogP contribution in [0, 0.1) is 16.7 Å². The summed E-state index contributed by atoms with van der Waals surface area (Å²) >= 11 is 0. The van der Waals surface area contributed by atoms with Gasteiger partial charge in [0.2, 0.25) is 0 Å². The lowest BCUT2D eigenvalue weighted by molar-refractivity contribution is 0.0449. The summed E-state index contributed by atoms with van der Waals surface area (Å²) in [6.45, 7) is 11.1. The van der Waals surface area contributed by atoms with Gasteiger partial charge in [0, 0.05) is 25.1 Å². The molecule has 1 saturated carbocycles. The van der Waals surface area contributed by atoms with E-state index in [1.807, 2.05) is 0 Å². The van der Waals surface area contributed by atoms with Crippen molar-refractivity contribution in [1.82, 2.24) is 4.90 Å². The van der Waals surface area contributed by atoms with Crippen molar-refractivity contribution in [2.24, 2.45) is 16.7 Å². The van der Waals surface area contributed by atoms with E-state index in [2.05, 4.69) is 25.7 Å². The summed E-state index contributed by atoms with van der Waals surface area (Å²) in [6.07, 6.45) is 7.81. The molecule has 18 heavy (non-hydrogen) atoms. The molecule has 2 rings (SSSR count). The maximum Gasteiger partial charge on any atom is 0.0499 e. The Morgan fingerprint density at radius 1 is 1.17 bits per heavy atom. The number of likely N-dealkylation sites (tertiary alicyclic amines) is 1.